The lowest BCUT2D eigenvalue weighted by Crippen LogP contribution is -2.23. The Balaban J connectivity index is 1.68. The fourth-order valence-corrected chi connectivity index (χ4v) is 3.65. The predicted octanol–water partition coefficient (Wildman–Crippen LogP) is 3.18. The van der Waals surface area contributed by atoms with Crippen molar-refractivity contribution in [2.45, 2.75) is 24.7 Å². The lowest BCUT2D eigenvalue weighted by Gasteiger charge is -2.15. The van der Waals surface area contributed by atoms with Crippen molar-refractivity contribution in [1.82, 2.24) is 0 Å². The molecule has 1 aliphatic heterocycles. The first-order valence-electron chi connectivity index (χ1n) is 8.94. The van der Waals surface area contributed by atoms with Gasteiger partial charge in [-0.15, -0.1) is 0 Å². The number of nitrogens with one attached hydrogen (secondary N) is 1. The maximum atomic E-state index is 12.2. The molecule has 0 saturated carbocycles. The third-order valence-corrected chi connectivity index (χ3v) is 5.71. The second-order valence-corrected chi connectivity index (χ2v) is 8.83. The number of carbonyl (C=O) groups excluding carboxylic acids is 2. The minimum absolute atomic E-state index is 0.134. The molecule has 0 atom stereocenters. The van der Waals surface area contributed by atoms with Crippen LogP contribution in [-0.2, 0) is 19.4 Å². The van der Waals surface area contributed by atoms with Crippen LogP contribution in [0.25, 0.3) is 6.08 Å². The van der Waals surface area contributed by atoms with Crippen molar-refractivity contribution in [3.63, 3.8) is 0 Å². The number of hydrogen-bond acceptors (Lipinski definition) is 4. The molecule has 0 aromatic heterocycles. The summed E-state index contributed by atoms with van der Waals surface area (Å²) < 4.78 is 23.4. The van der Waals surface area contributed by atoms with Crippen LogP contribution in [0.1, 0.15) is 24.0 Å². The average molecular weight is 398 g/mol. The molecule has 28 heavy (non-hydrogen) atoms. The molecule has 146 valence electrons. The van der Waals surface area contributed by atoms with E-state index in [4.69, 9.17) is 0 Å². The van der Waals surface area contributed by atoms with Crippen LogP contribution in [0.4, 0.5) is 11.4 Å². The molecule has 0 aliphatic carbocycles. The van der Waals surface area contributed by atoms with E-state index < -0.39 is 9.84 Å². The van der Waals surface area contributed by atoms with Gasteiger partial charge < -0.3 is 10.2 Å². The zero-order chi connectivity index (χ0) is 20.3. The van der Waals surface area contributed by atoms with Crippen molar-refractivity contribution in [1.29, 1.82) is 0 Å². The Morgan fingerprint density at radius 2 is 1.86 bits per heavy atom. The Kier molecular flexibility index (Phi) is 5.65. The second-order valence-electron chi connectivity index (χ2n) is 6.81. The Hall–Kier alpha value is -2.93. The molecule has 2 aromatic carbocycles. The van der Waals surface area contributed by atoms with Gasteiger partial charge in [0.1, 0.15) is 0 Å². The number of aryl methyl sites for hydroxylation is 1. The smallest absolute Gasteiger partial charge is 0.248 e. The van der Waals surface area contributed by atoms with Crippen molar-refractivity contribution in [3.8, 4) is 0 Å². The third kappa shape index (κ3) is 4.67. The maximum absolute atomic E-state index is 12.2. The molecule has 0 radical (unpaired) electrons. The van der Waals surface area contributed by atoms with Gasteiger partial charge in [-0.3, -0.25) is 9.59 Å². The summed E-state index contributed by atoms with van der Waals surface area (Å²) in [4.78, 5) is 25.9. The van der Waals surface area contributed by atoms with Gasteiger partial charge in [-0.25, -0.2) is 8.42 Å². The van der Waals surface area contributed by atoms with Crippen LogP contribution in [0, 0.1) is 6.92 Å². The minimum atomic E-state index is -3.35. The van der Waals surface area contributed by atoms with E-state index in [0.29, 0.717) is 12.1 Å². The molecular formula is C21H22N2O4S. The highest BCUT2D eigenvalue weighted by Crippen LogP contribution is 2.22. The fraction of sp³-hybridized carbons (Fsp3) is 0.238. The number of rotatable bonds is 5. The van der Waals surface area contributed by atoms with Gasteiger partial charge >= 0.3 is 0 Å². The molecule has 1 fully saturated rings. The highest BCUT2D eigenvalue weighted by atomic mass is 32.2. The van der Waals surface area contributed by atoms with Crippen molar-refractivity contribution in [2.75, 3.05) is 23.0 Å². The number of hydrogen-bond donors (Lipinski definition) is 1. The number of anilines is 2. The zero-order valence-electron chi connectivity index (χ0n) is 15.8. The number of carbonyl (C=O) groups is 2. The molecule has 2 amide bonds. The Bertz CT molecular complexity index is 1040. The van der Waals surface area contributed by atoms with Gasteiger partial charge in [0.25, 0.3) is 0 Å². The molecule has 1 saturated heterocycles. The summed E-state index contributed by atoms with van der Waals surface area (Å²) in [6, 6.07) is 12.1. The zero-order valence-corrected chi connectivity index (χ0v) is 16.6. The van der Waals surface area contributed by atoms with E-state index in [9.17, 15) is 18.0 Å². The van der Waals surface area contributed by atoms with Gasteiger partial charge in [-0.2, -0.15) is 0 Å². The van der Waals surface area contributed by atoms with Crippen molar-refractivity contribution in [2.24, 2.45) is 0 Å². The van der Waals surface area contributed by atoms with Crippen LogP contribution in [0.5, 0.6) is 0 Å². The van der Waals surface area contributed by atoms with Gasteiger partial charge in [-0.1, -0.05) is 18.2 Å². The molecule has 1 heterocycles. The largest absolute Gasteiger partial charge is 0.322 e. The molecule has 2 aromatic rings. The molecule has 0 bridgehead atoms. The number of benzene rings is 2. The van der Waals surface area contributed by atoms with E-state index in [2.05, 4.69) is 5.32 Å². The Morgan fingerprint density at radius 1 is 1.14 bits per heavy atom. The minimum Gasteiger partial charge on any atom is -0.322 e. The van der Waals surface area contributed by atoms with Crippen molar-refractivity contribution >= 4 is 39.1 Å². The first-order chi connectivity index (χ1) is 13.2. The Labute approximate surface area is 164 Å². The average Bonchev–Trinajstić information content (AvgIpc) is 3.07. The normalized spacial score (nSPS) is 14.6. The maximum Gasteiger partial charge on any atom is 0.248 e. The molecule has 0 spiro atoms. The lowest BCUT2D eigenvalue weighted by atomic mass is 10.1. The van der Waals surface area contributed by atoms with Gasteiger partial charge in [0.15, 0.2) is 9.84 Å². The molecule has 0 unspecified atom stereocenters. The predicted molar refractivity (Wildman–Crippen MR) is 110 cm³/mol. The van der Waals surface area contributed by atoms with Crippen molar-refractivity contribution < 1.29 is 18.0 Å². The Morgan fingerprint density at radius 3 is 2.46 bits per heavy atom. The molecule has 3 rings (SSSR count). The molecule has 7 heteroatoms. The number of nitrogens with zero attached hydrogens (tertiary/aromatic N) is 1. The molecular weight excluding hydrogens is 376 g/mol. The molecule has 6 nitrogen and oxygen atoms in total. The molecule has 1 N–H and O–H groups in total. The summed E-state index contributed by atoms with van der Waals surface area (Å²) >= 11 is 0. The highest BCUT2D eigenvalue weighted by molar-refractivity contribution is 7.90. The van der Waals surface area contributed by atoms with Gasteiger partial charge in [-0.05, 0) is 54.8 Å². The van der Waals surface area contributed by atoms with Crippen LogP contribution in [0.3, 0.4) is 0 Å². The van der Waals surface area contributed by atoms with Crippen LogP contribution in [0.2, 0.25) is 0 Å². The first-order valence-corrected chi connectivity index (χ1v) is 10.8. The monoisotopic (exact) mass is 398 g/mol. The van der Waals surface area contributed by atoms with E-state index in [-0.39, 0.29) is 16.7 Å². The summed E-state index contributed by atoms with van der Waals surface area (Å²) in [6.45, 7) is 2.53. The second kappa shape index (κ2) is 7.98. The highest BCUT2D eigenvalue weighted by Gasteiger charge is 2.21. The van der Waals surface area contributed by atoms with E-state index in [1.165, 1.54) is 18.2 Å². The summed E-state index contributed by atoms with van der Waals surface area (Å²) in [5, 5.41) is 2.71. The topological polar surface area (TPSA) is 83.6 Å². The summed E-state index contributed by atoms with van der Waals surface area (Å²) in [7, 11) is -3.35. The first kappa shape index (κ1) is 19.8. The van der Waals surface area contributed by atoms with E-state index in [1.54, 1.807) is 24.0 Å². The standard InChI is InChI=1S/C21H22N2O4S/c1-15-5-11-18(28(2,26)27)14-19(15)22-20(24)12-8-16-6-9-17(10-7-16)23-13-3-4-21(23)25/h5-12,14H,3-4,13H2,1-2H3,(H,22,24)/b12-8+. The number of amides is 2. The summed E-state index contributed by atoms with van der Waals surface area (Å²) in [5.74, 6) is -0.220. The summed E-state index contributed by atoms with van der Waals surface area (Å²) in [5.41, 5.74) is 2.92. The molecule has 1 aliphatic rings. The van der Waals surface area contributed by atoms with Crippen LogP contribution >= 0.6 is 0 Å². The van der Waals surface area contributed by atoms with E-state index in [0.717, 1.165) is 36.0 Å². The van der Waals surface area contributed by atoms with E-state index in [1.807, 2.05) is 24.3 Å². The van der Waals surface area contributed by atoms with Gasteiger partial charge in [0.05, 0.1) is 4.90 Å². The summed E-state index contributed by atoms with van der Waals surface area (Å²) in [6.07, 6.45) is 5.65. The lowest BCUT2D eigenvalue weighted by molar-refractivity contribution is -0.117. The number of sulfone groups is 1. The van der Waals surface area contributed by atoms with Crippen molar-refractivity contribution in [3.05, 3.63) is 59.7 Å². The van der Waals surface area contributed by atoms with Gasteiger partial charge in [0.2, 0.25) is 11.8 Å². The third-order valence-electron chi connectivity index (χ3n) is 4.60. The fourth-order valence-electron chi connectivity index (χ4n) is 3.00. The van der Waals surface area contributed by atoms with E-state index >= 15 is 0 Å². The van der Waals surface area contributed by atoms with Crippen LogP contribution in [-0.4, -0.2) is 33.0 Å². The quantitative estimate of drug-likeness (QED) is 0.784. The SMILES string of the molecule is Cc1ccc(S(C)(=O)=O)cc1NC(=O)/C=C/c1ccc(N2CCCC2=O)cc1. The van der Waals surface area contributed by atoms with Crippen LogP contribution in [0.15, 0.2) is 53.4 Å². The van der Waals surface area contributed by atoms with Gasteiger partial charge in [0, 0.05) is 36.7 Å². The van der Waals surface area contributed by atoms with Crippen LogP contribution < -0.4 is 10.2 Å².